The molecule has 23 heavy (non-hydrogen) atoms. The predicted octanol–water partition coefficient (Wildman–Crippen LogP) is 2.01. The van der Waals surface area contributed by atoms with E-state index >= 15 is 0 Å². The topological polar surface area (TPSA) is 86.5 Å². The van der Waals surface area contributed by atoms with Gasteiger partial charge in [-0.25, -0.2) is 4.98 Å². The van der Waals surface area contributed by atoms with Crippen molar-refractivity contribution in [2.75, 3.05) is 20.8 Å². The molecule has 1 heterocycles. The second kappa shape index (κ2) is 9.34. The molecule has 0 aliphatic rings. The number of halogens is 1. The van der Waals surface area contributed by atoms with Gasteiger partial charge >= 0.3 is 0 Å². The Morgan fingerprint density at radius 1 is 1.35 bits per heavy atom. The van der Waals surface area contributed by atoms with Crippen molar-refractivity contribution in [2.24, 2.45) is 5.73 Å². The molecule has 0 radical (unpaired) electrons. The van der Waals surface area contributed by atoms with Gasteiger partial charge in [-0.05, 0) is 12.6 Å². The number of hydrogen-bond donors (Lipinski definition) is 2. The fraction of sp³-hybridized carbons (Fsp3) is 0.333. The van der Waals surface area contributed by atoms with E-state index in [1.165, 1.54) is 11.3 Å². The number of methoxy groups -OCH3 is 2. The van der Waals surface area contributed by atoms with Gasteiger partial charge < -0.3 is 20.5 Å². The smallest absolute Gasteiger partial charge is 0.271 e. The third kappa shape index (κ3) is 4.82. The second-order valence-electron chi connectivity index (χ2n) is 4.50. The zero-order valence-electron chi connectivity index (χ0n) is 13.0. The van der Waals surface area contributed by atoms with Crippen molar-refractivity contribution in [1.82, 2.24) is 10.3 Å². The van der Waals surface area contributed by atoms with E-state index in [0.29, 0.717) is 36.7 Å². The maximum absolute atomic E-state index is 12.1. The first kappa shape index (κ1) is 19.2. The van der Waals surface area contributed by atoms with Crippen LogP contribution in [-0.2, 0) is 13.0 Å². The highest BCUT2D eigenvalue weighted by atomic mass is 35.5. The predicted molar refractivity (Wildman–Crippen MR) is 92.8 cm³/mol. The number of carbonyl (C=O) groups is 1. The molecule has 0 spiro atoms. The minimum atomic E-state index is -0.218. The maximum atomic E-state index is 12.1. The third-order valence-electron chi connectivity index (χ3n) is 3.07. The summed E-state index contributed by atoms with van der Waals surface area (Å²) in [6, 6.07) is 5.54. The fourth-order valence-electron chi connectivity index (χ4n) is 2.01. The highest BCUT2D eigenvalue weighted by molar-refractivity contribution is 7.09. The number of para-hydroxylation sites is 1. The van der Waals surface area contributed by atoms with Gasteiger partial charge in [0, 0.05) is 23.9 Å². The van der Waals surface area contributed by atoms with E-state index in [1.807, 2.05) is 18.2 Å². The number of thiazole rings is 1. The van der Waals surface area contributed by atoms with E-state index in [-0.39, 0.29) is 18.3 Å². The number of hydrogen-bond acceptors (Lipinski definition) is 6. The summed E-state index contributed by atoms with van der Waals surface area (Å²) in [6.07, 6.45) is 0.682. The lowest BCUT2D eigenvalue weighted by atomic mass is 10.2. The zero-order chi connectivity index (χ0) is 15.9. The van der Waals surface area contributed by atoms with Gasteiger partial charge in [0.1, 0.15) is 5.69 Å². The first-order valence-corrected chi connectivity index (χ1v) is 7.70. The Labute approximate surface area is 145 Å². The summed E-state index contributed by atoms with van der Waals surface area (Å²) in [6.45, 7) is 0.860. The largest absolute Gasteiger partial charge is 0.493 e. The molecule has 126 valence electrons. The molecule has 2 rings (SSSR count). The van der Waals surface area contributed by atoms with Gasteiger partial charge in [0.2, 0.25) is 0 Å². The van der Waals surface area contributed by atoms with Crippen LogP contribution >= 0.6 is 23.7 Å². The molecule has 0 unspecified atom stereocenters. The van der Waals surface area contributed by atoms with Crippen LogP contribution in [0.15, 0.2) is 23.6 Å². The number of rotatable bonds is 7. The molecule has 3 N–H and O–H groups in total. The van der Waals surface area contributed by atoms with Crippen molar-refractivity contribution in [3.05, 3.63) is 39.8 Å². The molecule has 1 amide bonds. The zero-order valence-corrected chi connectivity index (χ0v) is 14.6. The van der Waals surface area contributed by atoms with Crippen LogP contribution in [0.3, 0.4) is 0 Å². The summed E-state index contributed by atoms with van der Waals surface area (Å²) in [5.41, 5.74) is 6.73. The van der Waals surface area contributed by atoms with Crippen LogP contribution in [0.1, 0.15) is 21.1 Å². The highest BCUT2D eigenvalue weighted by Crippen LogP contribution is 2.30. The lowest BCUT2D eigenvalue weighted by Crippen LogP contribution is -2.23. The molecule has 0 aliphatic heterocycles. The van der Waals surface area contributed by atoms with E-state index < -0.39 is 0 Å². The van der Waals surface area contributed by atoms with Crippen molar-refractivity contribution in [3.8, 4) is 11.5 Å². The Hall–Kier alpha value is -1.83. The van der Waals surface area contributed by atoms with Gasteiger partial charge in [-0.1, -0.05) is 12.1 Å². The molecule has 1 aromatic carbocycles. The third-order valence-corrected chi connectivity index (χ3v) is 3.98. The van der Waals surface area contributed by atoms with Crippen LogP contribution in [0.4, 0.5) is 0 Å². The molecule has 0 fully saturated rings. The normalized spacial score (nSPS) is 9.87. The first-order chi connectivity index (χ1) is 10.7. The summed E-state index contributed by atoms with van der Waals surface area (Å²) in [4.78, 5) is 16.4. The summed E-state index contributed by atoms with van der Waals surface area (Å²) < 4.78 is 10.6. The average Bonchev–Trinajstić information content (AvgIpc) is 3.01. The summed E-state index contributed by atoms with van der Waals surface area (Å²) in [7, 11) is 3.15. The summed E-state index contributed by atoms with van der Waals surface area (Å²) in [5.74, 6) is 1.03. The molecule has 2 aromatic rings. The quantitative estimate of drug-likeness (QED) is 0.791. The summed E-state index contributed by atoms with van der Waals surface area (Å²) in [5, 5.41) is 5.44. The number of amides is 1. The van der Waals surface area contributed by atoms with Crippen LogP contribution in [0.5, 0.6) is 11.5 Å². The van der Waals surface area contributed by atoms with E-state index in [4.69, 9.17) is 15.2 Å². The van der Waals surface area contributed by atoms with Crippen LogP contribution in [0.25, 0.3) is 0 Å². The minimum absolute atomic E-state index is 0. The average molecular weight is 358 g/mol. The van der Waals surface area contributed by atoms with Crippen molar-refractivity contribution in [3.63, 3.8) is 0 Å². The van der Waals surface area contributed by atoms with E-state index in [2.05, 4.69) is 10.3 Å². The number of nitrogens with one attached hydrogen (secondary N) is 1. The van der Waals surface area contributed by atoms with Crippen molar-refractivity contribution in [1.29, 1.82) is 0 Å². The number of ether oxygens (including phenoxy) is 2. The number of nitrogens with zero attached hydrogens (tertiary/aromatic N) is 1. The maximum Gasteiger partial charge on any atom is 0.271 e. The Morgan fingerprint density at radius 2 is 2.13 bits per heavy atom. The molecular formula is C15H20ClN3O3S. The van der Waals surface area contributed by atoms with E-state index in [9.17, 15) is 4.79 Å². The van der Waals surface area contributed by atoms with E-state index in [0.717, 1.165) is 10.6 Å². The van der Waals surface area contributed by atoms with Crippen LogP contribution in [0, 0.1) is 0 Å². The lowest BCUT2D eigenvalue weighted by molar-refractivity contribution is 0.0946. The molecule has 0 bridgehead atoms. The summed E-state index contributed by atoms with van der Waals surface area (Å²) >= 11 is 1.44. The van der Waals surface area contributed by atoms with Crippen LogP contribution < -0.4 is 20.5 Å². The first-order valence-electron chi connectivity index (χ1n) is 6.82. The molecule has 0 saturated heterocycles. The molecule has 6 nitrogen and oxygen atoms in total. The van der Waals surface area contributed by atoms with Gasteiger partial charge in [-0.2, -0.15) is 0 Å². The van der Waals surface area contributed by atoms with Gasteiger partial charge in [-0.3, -0.25) is 4.79 Å². The van der Waals surface area contributed by atoms with Crippen LogP contribution in [-0.4, -0.2) is 31.7 Å². The molecule has 1 aromatic heterocycles. The van der Waals surface area contributed by atoms with Crippen molar-refractivity contribution in [2.45, 2.75) is 13.0 Å². The molecule has 8 heteroatoms. The molecule has 0 saturated carbocycles. The van der Waals surface area contributed by atoms with Gasteiger partial charge in [0.05, 0.1) is 19.2 Å². The number of nitrogens with two attached hydrogens (primary N) is 1. The van der Waals surface area contributed by atoms with Gasteiger partial charge in [0.15, 0.2) is 11.5 Å². The second-order valence-corrected chi connectivity index (χ2v) is 5.44. The Morgan fingerprint density at radius 3 is 2.78 bits per heavy atom. The van der Waals surface area contributed by atoms with Gasteiger partial charge in [-0.15, -0.1) is 23.7 Å². The van der Waals surface area contributed by atoms with E-state index in [1.54, 1.807) is 19.6 Å². The molecular weight excluding hydrogens is 338 g/mol. The molecule has 0 aliphatic carbocycles. The molecule has 0 atom stereocenters. The van der Waals surface area contributed by atoms with Crippen LogP contribution in [0.2, 0.25) is 0 Å². The SMILES string of the molecule is COc1cccc(CNC(=O)c2csc(CCN)n2)c1OC.Cl. The fourth-order valence-corrected chi connectivity index (χ4v) is 2.81. The number of carbonyl (C=O) groups excluding carboxylic acids is 1. The Bertz CT molecular complexity index is 649. The number of benzene rings is 1. The number of aromatic nitrogens is 1. The highest BCUT2D eigenvalue weighted by Gasteiger charge is 2.13. The Kier molecular flexibility index (Phi) is 7.80. The monoisotopic (exact) mass is 357 g/mol. The standard InChI is InChI=1S/C15H19N3O3S.ClH/c1-20-12-5-3-4-10(14(12)21-2)8-17-15(19)11-9-22-13(18-11)6-7-16;/h3-5,9H,6-8,16H2,1-2H3,(H,17,19);1H. The Balaban J connectivity index is 0.00000264. The van der Waals surface area contributed by atoms with Crippen molar-refractivity contribution < 1.29 is 14.3 Å². The minimum Gasteiger partial charge on any atom is -0.493 e. The van der Waals surface area contributed by atoms with Crippen molar-refractivity contribution >= 4 is 29.7 Å². The lowest BCUT2D eigenvalue weighted by Gasteiger charge is -2.12. The van der Waals surface area contributed by atoms with Gasteiger partial charge in [0.25, 0.3) is 5.91 Å².